The summed E-state index contributed by atoms with van der Waals surface area (Å²) in [6, 6.07) is 4.98. The Labute approximate surface area is 195 Å². The van der Waals surface area contributed by atoms with Crippen LogP contribution in [0.15, 0.2) is 12.1 Å². The van der Waals surface area contributed by atoms with E-state index in [1.54, 1.807) is 21.1 Å². The van der Waals surface area contributed by atoms with Crippen LogP contribution in [0.2, 0.25) is 0 Å². The fourth-order valence-corrected chi connectivity index (χ4v) is 7.46. The highest BCUT2D eigenvalue weighted by molar-refractivity contribution is 5.74. The number of hydrogen-bond donors (Lipinski definition) is 1. The van der Waals surface area contributed by atoms with E-state index in [0.717, 1.165) is 43.9 Å². The summed E-state index contributed by atoms with van der Waals surface area (Å²) in [6.07, 6.45) is 7.11. The molecule has 1 spiro atoms. The van der Waals surface area contributed by atoms with Crippen molar-refractivity contribution >= 4 is 5.91 Å². The molecule has 2 fully saturated rings. The van der Waals surface area contributed by atoms with Gasteiger partial charge in [-0.2, -0.15) is 0 Å². The van der Waals surface area contributed by atoms with Gasteiger partial charge in [0.25, 0.3) is 0 Å². The second-order valence-electron chi connectivity index (χ2n) is 12.1. The van der Waals surface area contributed by atoms with Gasteiger partial charge in [0.05, 0.1) is 20.3 Å². The average Bonchev–Trinajstić information content (AvgIpc) is 2.96. The summed E-state index contributed by atoms with van der Waals surface area (Å²) in [5, 5.41) is 3.21. The second-order valence-corrected chi connectivity index (χ2v) is 12.1. The highest BCUT2D eigenvalue weighted by atomic mass is 16.5. The van der Waals surface area contributed by atoms with E-state index in [9.17, 15) is 4.79 Å². The van der Waals surface area contributed by atoms with E-state index < -0.39 is 0 Å². The zero-order valence-corrected chi connectivity index (χ0v) is 21.1. The summed E-state index contributed by atoms with van der Waals surface area (Å²) in [5.74, 6) is 1.55. The normalized spacial score (nSPS) is 26.5. The number of nitrogens with zero attached hydrogens (tertiary/aromatic N) is 1. The van der Waals surface area contributed by atoms with Gasteiger partial charge in [0.2, 0.25) is 5.91 Å². The number of fused-ring (bicyclic) bond motifs is 2. The van der Waals surface area contributed by atoms with Crippen LogP contribution < -0.4 is 14.8 Å². The molecule has 0 aromatic heterocycles. The zero-order valence-electron chi connectivity index (χ0n) is 21.1. The van der Waals surface area contributed by atoms with Gasteiger partial charge in [0.15, 0.2) is 11.5 Å². The molecule has 3 aliphatic rings. The Morgan fingerprint density at radius 1 is 1.00 bits per heavy atom. The lowest BCUT2D eigenvalue weighted by molar-refractivity contribution is -0.119. The van der Waals surface area contributed by atoms with Crippen molar-refractivity contribution in [1.82, 2.24) is 10.2 Å². The molecule has 1 saturated heterocycles. The first-order valence-electron chi connectivity index (χ1n) is 12.3. The van der Waals surface area contributed by atoms with Crippen molar-refractivity contribution in [3.63, 3.8) is 0 Å². The van der Waals surface area contributed by atoms with Crippen LogP contribution in [-0.2, 0) is 10.2 Å². The van der Waals surface area contributed by atoms with Gasteiger partial charge >= 0.3 is 0 Å². The third-order valence-electron chi connectivity index (χ3n) is 8.28. The largest absolute Gasteiger partial charge is 0.493 e. The highest BCUT2D eigenvalue weighted by Gasteiger charge is 2.48. The minimum Gasteiger partial charge on any atom is -0.493 e. The molecule has 1 heterocycles. The van der Waals surface area contributed by atoms with Crippen molar-refractivity contribution in [2.24, 2.45) is 10.8 Å². The molecule has 2 aliphatic carbocycles. The molecular formula is C27H44N2O3. The van der Waals surface area contributed by atoms with E-state index in [4.69, 9.17) is 9.47 Å². The summed E-state index contributed by atoms with van der Waals surface area (Å²) < 4.78 is 11.2. The van der Waals surface area contributed by atoms with Crippen molar-refractivity contribution in [2.45, 2.75) is 90.6 Å². The third kappa shape index (κ3) is 4.37. The molecule has 1 aromatic rings. The number of ether oxygens (including phenoxy) is 2. The molecule has 5 heteroatoms. The molecule has 0 radical (unpaired) electrons. The lowest BCUT2D eigenvalue weighted by atomic mass is 9.63. The van der Waals surface area contributed by atoms with E-state index >= 15 is 0 Å². The van der Waals surface area contributed by atoms with Crippen LogP contribution in [0.25, 0.3) is 0 Å². The van der Waals surface area contributed by atoms with Gasteiger partial charge in [-0.25, -0.2) is 0 Å². The van der Waals surface area contributed by atoms with Crippen LogP contribution in [0.5, 0.6) is 11.5 Å². The Balaban J connectivity index is 0.00000306. The summed E-state index contributed by atoms with van der Waals surface area (Å²) in [7, 11) is 3.38. The number of hydrogen-bond acceptors (Lipinski definition) is 4. The Morgan fingerprint density at radius 2 is 1.56 bits per heavy atom. The van der Waals surface area contributed by atoms with Gasteiger partial charge in [-0.1, -0.05) is 27.7 Å². The lowest BCUT2D eigenvalue weighted by Gasteiger charge is -2.51. The summed E-state index contributed by atoms with van der Waals surface area (Å²) >= 11 is 0. The number of amides is 1. The van der Waals surface area contributed by atoms with Gasteiger partial charge in [-0.15, -0.1) is 0 Å². The van der Waals surface area contributed by atoms with E-state index in [2.05, 4.69) is 50.0 Å². The fraction of sp³-hybridized carbons (Fsp3) is 0.741. The first kappa shape index (κ1) is 23.4. The second kappa shape index (κ2) is 8.23. The molecule has 1 saturated carbocycles. The molecule has 4 rings (SSSR count). The third-order valence-corrected chi connectivity index (χ3v) is 8.28. The van der Waals surface area contributed by atoms with E-state index in [1.165, 1.54) is 30.4 Å². The molecule has 1 aromatic carbocycles. The first-order chi connectivity index (χ1) is 15.0. The first-order valence-corrected chi connectivity index (χ1v) is 12.3. The number of benzene rings is 1. The quantitative estimate of drug-likeness (QED) is 0.669. The van der Waals surface area contributed by atoms with E-state index in [0.29, 0.717) is 16.9 Å². The van der Waals surface area contributed by atoms with Gasteiger partial charge in [0.1, 0.15) is 0 Å². The number of likely N-dealkylation sites (tertiary alicyclic amines) is 1. The van der Waals surface area contributed by atoms with E-state index in [-0.39, 0.29) is 18.8 Å². The van der Waals surface area contributed by atoms with Crippen molar-refractivity contribution in [1.29, 1.82) is 0 Å². The smallest absolute Gasteiger partial charge is 0.217 e. The highest BCUT2D eigenvalue weighted by Crippen LogP contribution is 2.54. The maximum Gasteiger partial charge on any atom is 0.217 e. The van der Waals surface area contributed by atoms with E-state index in [1.807, 2.05) is 0 Å². The monoisotopic (exact) mass is 444 g/mol. The molecule has 1 amide bonds. The van der Waals surface area contributed by atoms with Gasteiger partial charge in [-0.05, 0) is 85.7 Å². The predicted molar refractivity (Wildman–Crippen MR) is 131 cm³/mol. The SMILES string of the molecule is COc1cc2c(cc1OC)C1(CCN(C3CC(C)(C)CC(C)(C)C3)CC1)C[C@@H]2NC(C)=O.[HH]. The molecule has 0 unspecified atom stereocenters. The number of piperidine rings is 1. The maximum atomic E-state index is 12.0. The number of carbonyl (C=O) groups excluding carboxylic acids is 1. The molecule has 0 bridgehead atoms. The van der Waals surface area contributed by atoms with Crippen LogP contribution in [0, 0.1) is 10.8 Å². The Morgan fingerprint density at radius 3 is 2.09 bits per heavy atom. The minimum atomic E-state index is 0. The average molecular weight is 445 g/mol. The van der Waals surface area contributed by atoms with Crippen LogP contribution in [0.4, 0.5) is 0 Å². The van der Waals surface area contributed by atoms with Crippen molar-refractivity contribution in [3.05, 3.63) is 23.3 Å². The Kier molecular flexibility index (Phi) is 6.02. The number of methoxy groups -OCH3 is 2. The minimum absolute atomic E-state index is 0. The molecule has 5 nitrogen and oxygen atoms in total. The zero-order chi connectivity index (χ0) is 23.3. The number of carbonyl (C=O) groups is 1. The predicted octanol–water partition coefficient (Wildman–Crippen LogP) is 5.47. The summed E-state index contributed by atoms with van der Waals surface area (Å²) in [5.41, 5.74) is 3.45. The van der Waals surface area contributed by atoms with Crippen molar-refractivity contribution < 1.29 is 15.7 Å². The van der Waals surface area contributed by atoms with Crippen molar-refractivity contribution in [3.8, 4) is 11.5 Å². The van der Waals surface area contributed by atoms with Crippen LogP contribution in [-0.4, -0.2) is 44.2 Å². The Hall–Kier alpha value is -1.75. The van der Waals surface area contributed by atoms with Crippen molar-refractivity contribution in [2.75, 3.05) is 27.3 Å². The van der Waals surface area contributed by atoms with Gasteiger partial charge < -0.3 is 19.7 Å². The van der Waals surface area contributed by atoms with Gasteiger partial charge in [-0.3, -0.25) is 4.79 Å². The molecule has 32 heavy (non-hydrogen) atoms. The standard InChI is InChI=1S/C27H42N2O3.H2/c1-18(30)28-22-16-27(21-13-24(32-7)23(31-6)12-20(21)22)8-10-29(11-9-27)19-14-25(2,3)17-26(4,5)15-19;/h12-13,19,22H,8-11,14-17H2,1-7H3,(H,28,30);1H/t22-;/m0./s1. The molecule has 1 N–H and O–H groups in total. The molecule has 1 aliphatic heterocycles. The summed E-state index contributed by atoms with van der Waals surface area (Å²) in [6.45, 7) is 13.6. The van der Waals surface area contributed by atoms with Gasteiger partial charge in [0, 0.05) is 19.8 Å². The lowest BCUT2D eigenvalue weighted by Crippen LogP contribution is -2.51. The molecule has 1 atom stereocenters. The number of nitrogens with one attached hydrogen (secondary N) is 1. The van der Waals surface area contributed by atoms with Crippen LogP contribution >= 0.6 is 0 Å². The maximum absolute atomic E-state index is 12.0. The Bertz CT molecular complexity index is 858. The molecular weight excluding hydrogens is 400 g/mol. The van der Waals surface area contributed by atoms with Crippen LogP contribution in [0.1, 0.15) is 91.7 Å². The fourth-order valence-electron chi connectivity index (χ4n) is 7.46. The number of rotatable bonds is 4. The molecule has 180 valence electrons. The summed E-state index contributed by atoms with van der Waals surface area (Å²) in [4.78, 5) is 14.7. The topological polar surface area (TPSA) is 50.8 Å². The van der Waals surface area contributed by atoms with Crippen LogP contribution in [0.3, 0.4) is 0 Å².